The van der Waals surface area contributed by atoms with E-state index < -0.39 is 0 Å². The minimum atomic E-state index is -0.252. The van der Waals surface area contributed by atoms with E-state index in [1.807, 2.05) is 6.92 Å². The van der Waals surface area contributed by atoms with E-state index in [9.17, 15) is 4.79 Å². The van der Waals surface area contributed by atoms with Gasteiger partial charge in [-0.15, -0.1) is 0 Å². The van der Waals surface area contributed by atoms with E-state index >= 15 is 0 Å². The summed E-state index contributed by atoms with van der Waals surface area (Å²) in [5, 5.41) is 7.07. The van der Waals surface area contributed by atoms with Crippen LogP contribution in [0.15, 0.2) is 24.5 Å². The van der Waals surface area contributed by atoms with Gasteiger partial charge in [0.1, 0.15) is 0 Å². The molecule has 0 radical (unpaired) electrons. The standard InChI is InChI=1S/C14H18N4O2/c1-14(4-2-6-20-14)9-16-13(19)11-8-17-18-5-3-10(15)7-12(11)18/h3,5,7-8H,2,4,6,9,15H2,1H3,(H,16,19). The summed E-state index contributed by atoms with van der Waals surface area (Å²) >= 11 is 0. The Labute approximate surface area is 116 Å². The van der Waals surface area contributed by atoms with Crippen LogP contribution in [0.4, 0.5) is 5.69 Å². The number of nitrogen functional groups attached to an aromatic ring is 1. The van der Waals surface area contributed by atoms with E-state index in [1.54, 1.807) is 29.0 Å². The molecule has 1 unspecified atom stereocenters. The first-order chi connectivity index (χ1) is 9.57. The molecule has 1 aliphatic heterocycles. The van der Waals surface area contributed by atoms with Crippen molar-refractivity contribution in [3.05, 3.63) is 30.1 Å². The van der Waals surface area contributed by atoms with Gasteiger partial charge in [0.05, 0.1) is 22.9 Å². The quantitative estimate of drug-likeness (QED) is 0.881. The van der Waals surface area contributed by atoms with Crippen molar-refractivity contribution in [2.45, 2.75) is 25.4 Å². The molecule has 106 valence electrons. The summed E-state index contributed by atoms with van der Waals surface area (Å²) in [6.07, 6.45) is 5.30. The molecule has 1 amide bonds. The number of nitrogens with two attached hydrogens (primary N) is 1. The van der Waals surface area contributed by atoms with Gasteiger partial charge in [-0.3, -0.25) is 4.79 Å². The third-order valence-electron chi connectivity index (χ3n) is 3.71. The summed E-state index contributed by atoms with van der Waals surface area (Å²) in [5.41, 5.74) is 7.35. The minimum absolute atomic E-state index is 0.151. The molecule has 1 saturated heterocycles. The second-order valence-corrected chi connectivity index (χ2v) is 5.43. The highest BCUT2D eigenvalue weighted by Crippen LogP contribution is 2.24. The van der Waals surface area contributed by atoms with E-state index in [1.165, 1.54) is 0 Å². The summed E-state index contributed by atoms with van der Waals surface area (Å²) in [7, 11) is 0. The number of carbonyl (C=O) groups excluding carboxylic acids is 1. The number of carbonyl (C=O) groups is 1. The monoisotopic (exact) mass is 274 g/mol. The van der Waals surface area contributed by atoms with Crippen LogP contribution < -0.4 is 11.1 Å². The average Bonchev–Trinajstić information content (AvgIpc) is 3.03. The van der Waals surface area contributed by atoms with Crippen LogP contribution in [0.2, 0.25) is 0 Å². The highest BCUT2D eigenvalue weighted by atomic mass is 16.5. The Balaban J connectivity index is 1.77. The van der Waals surface area contributed by atoms with E-state index in [2.05, 4.69) is 10.4 Å². The normalized spacial score (nSPS) is 22.2. The Bertz CT molecular complexity index is 644. The zero-order valence-corrected chi connectivity index (χ0v) is 11.4. The first-order valence-electron chi connectivity index (χ1n) is 6.72. The lowest BCUT2D eigenvalue weighted by atomic mass is 10.0. The smallest absolute Gasteiger partial charge is 0.255 e. The number of hydrogen-bond acceptors (Lipinski definition) is 4. The second kappa shape index (κ2) is 4.79. The third kappa shape index (κ3) is 2.34. The molecule has 2 aromatic rings. The van der Waals surface area contributed by atoms with Crippen LogP contribution in [0, 0.1) is 0 Å². The van der Waals surface area contributed by atoms with Crippen molar-refractivity contribution in [3.63, 3.8) is 0 Å². The van der Waals surface area contributed by atoms with Gasteiger partial charge in [0, 0.05) is 25.0 Å². The maximum Gasteiger partial charge on any atom is 0.255 e. The SMILES string of the molecule is CC1(CNC(=O)c2cnn3ccc(N)cc23)CCCO1. The second-order valence-electron chi connectivity index (χ2n) is 5.43. The van der Waals surface area contributed by atoms with Gasteiger partial charge in [-0.25, -0.2) is 4.52 Å². The Morgan fingerprint density at radius 1 is 1.65 bits per heavy atom. The van der Waals surface area contributed by atoms with Crippen molar-refractivity contribution in [3.8, 4) is 0 Å². The predicted molar refractivity (Wildman–Crippen MR) is 75.5 cm³/mol. The average molecular weight is 274 g/mol. The first-order valence-corrected chi connectivity index (χ1v) is 6.72. The summed E-state index contributed by atoms with van der Waals surface area (Å²) in [6, 6.07) is 3.49. The summed E-state index contributed by atoms with van der Waals surface area (Å²) in [5.74, 6) is -0.151. The lowest BCUT2D eigenvalue weighted by molar-refractivity contribution is 0.0206. The maximum absolute atomic E-state index is 12.3. The Hall–Kier alpha value is -2.08. The number of amides is 1. The first kappa shape index (κ1) is 12.9. The maximum atomic E-state index is 12.3. The molecule has 20 heavy (non-hydrogen) atoms. The number of pyridine rings is 1. The van der Waals surface area contributed by atoms with Gasteiger partial charge in [0.2, 0.25) is 0 Å². The van der Waals surface area contributed by atoms with E-state index in [4.69, 9.17) is 10.5 Å². The molecule has 0 aromatic carbocycles. The topological polar surface area (TPSA) is 81.7 Å². The highest BCUT2D eigenvalue weighted by Gasteiger charge is 2.30. The summed E-state index contributed by atoms with van der Waals surface area (Å²) in [6.45, 7) is 3.29. The number of nitrogens with zero attached hydrogens (tertiary/aromatic N) is 2. The lowest BCUT2D eigenvalue weighted by Gasteiger charge is -2.23. The predicted octanol–water partition coefficient (Wildman–Crippen LogP) is 1.22. The largest absolute Gasteiger partial charge is 0.399 e. The zero-order chi connectivity index (χ0) is 14.2. The number of fused-ring (bicyclic) bond motifs is 1. The fourth-order valence-corrected chi connectivity index (χ4v) is 2.51. The van der Waals surface area contributed by atoms with Crippen LogP contribution in [0.25, 0.3) is 5.52 Å². The number of ether oxygens (including phenoxy) is 1. The lowest BCUT2D eigenvalue weighted by Crippen LogP contribution is -2.40. The van der Waals surface area contributed by atoms with Crippen molar-refractivity contribution >= 4 is 17.1 Å². The number of rotatable bonds is 3. The number of anilines is 1. The molecule has 6 heteroatoms. The molecule has 1 atom stereocenters. The van der Waals surface area contributed by atoms with Gasteiger partial charge in [-0.05, 0) is 31.9 Å². The van der Waals surface area contributed by atoms with Crippen LogP contribution in [-0.2, 0) is 4.74 Å². The summed E-state index contributed by atoms with van der Waals surface area (Å²) in [4.78, 5) is 12.3. The van der Waals surface area contributed by atoms with Crippen molar-refractivity contribution in [1.29, 1.82) is 0 Å². The van der Waals surface area contributed by atoms with Gasteiger partial charge < -0.3 is 15.8 Å². The molecule has 3 N–H and O–H groups in total. The van der Waals surface area contributed by atoms with Crippen molar-refractivity contribution < 1.29 is 9.53 Å². The van der Waals surface area contributed by atoms with E-state index in [0.29, 0.717) is 23.3 Å². The van der Waals surface area contributed by atoms with E-state index in [0.717, 1.165) is 19.4 Å². The molecule has 2 aromatic heterocycles. The van der Waals surface area contributed by atoms with Crippen LogP contribution in [-0.4, -0.2) is 34.3 Å². The van der Waals surface area contributed by atoms with Crippen LogP contribution >= 0.6 is 0 Å². The Morgan fingerprint density at radius 2 is 2.50 bits per heavy atom. The zero-order valence-electron chi connectivity index (χ0n) is 11.4. The van der Waals surface area contributed by atoms with Gasteiger partial charge in [-0.1, -0.05) is 0 Å². The minimum Gasteiger partial charge on any atom is -0.399 e. The molecular formula is C14H18N4O2. The third-order valence-corrected chi connectivity index (χ3v) is 3.71. The molecule has 1 aliphatic rings. The molecule has 6 nitrogen and oxygen atoms in total. The van der Waals surface area contributed by atoms with E-state index in [-0.39, 0.29) is 11.5 Å². The number of hydrogen-bond donors (Lipinski definition) is 2. The number of aromatic nitrogens is 2. The molecular weight excluding hydrogens is 256 g/mol. The Kier molecular flexibility index (Phi) is 3.10. The van der Waals surface area contributed by atoms with Gasteiger partial charge >= 0.3 is 0 Å². The van der Waals surface area contributed by atoms with Crippen molar-refractivity contribution in [2.24, 2.45) is 0 Å². The Morgan fingerprint density at radius 3 is 3.25 bits per heavy atom. The molecule has 0 saturated carbocycles. The molecule has 3 heterocycles. The van der Waals surface area contributed by atoms with Crippen LogP contribution in [0.3, 0.4) is 0 Å². The fourth-order valence-electron chi connectivity index (χ4n) is 2.51. The van der Waals surface area contributed by atoms with Crippen molar-refractivity contribution in [1.82, 2.24) is 14.9 Å². The van der Waals surface area contributed by atoms with Crippen LogP contribution in [0.1, 0.15) is 30.1 Å². The van der Waals surface area contributed by atoms with Gasteiger partial charge in [0.25, 0.3) is 5.91 Å². The molecule has 0 bridgehead atoms. The highest BCUT2D eigenvalue weighted by molar-refractivity contribution is 6.01. The molecule has 1 fully saturated rings. The van der Waals surface area contributed by atoms with Gasteiger partial charge in [-0.2, -0.15) is 5.10 Å². The number of nitrogens with one attached hydrogen (secondary N) is 1. The van der Waals surface area contributed by atoms with Crippen LogP contribution in [0.5, 0.6) is 0 Å². The summed E-state index contributed by atoms with van der Waals surface area (Å²) < 4.78 is 7.30. The van der Waals surface area contributed by atoms with Gasteiger partial charge in [0.15, 0.2) is 0 Å². The fraction of sp³-hybridized carbons (Fsp3) is 0.429. The van der Waals surface area contributed by atoms with Crippen molar-refractivity contribution in [2.75, 3.05) is 18.9 Å². The molecule has 3 rings (SSSR count). The molecule has 0 spiro atoms. The molecule has 0 aliphatic carbocycles.